The number of ketones is 1. The Labute approximate surface area is 204 Å². The number of carbonyl (C=O) groups is 1. The third-order valence-electron chi connectivity index (χ3n) is 5.93. The Kier molecular flexibility index (Phi) is 5.91. The lowest BCUT2D eigenvalue weighted by atomic mass is 10.0. The summed E-state index contributed by atoms with van der Waals surface area (Å²) in [5.74, 6) is -0.374. The summed E-state index contributed by atoms with van der Waals surface area (Å²) in [6, 6.07) is 24.8. The second kappa shape index (κ2) is 9.05. The van der Waals surface area contributed by atoms with Crippen molar-refractivity contribution >= 4 is 17.5 Å². The van der Waals surface area contributed by atoms with E-state index in [1.165, 1.54) is 5.56 Å². The lowest BCUT2D eigenvalue weighted by Crippen LogP contribution is -2.11. The zero-order valence-electron chi connectivity index (χ0n) is 18.3. The molecule has 0 fully saturated rings. The van der Waals surface area contributed by atoms with Crippen LogP contribution in [0.5, 0.6) is 0 Å². The van der Waals surface area contributed by atoms with E-state index in [-0.39, 0.29) is 27.7 Å². The average Bonchev–Trinajstić information content (AvgIpc) is 3.24. The maximum Gasteiger partial charge on any atom is 0.433 e. The van der Waals surface area contributed by atoms with E-state index in [4.69, 9.17) is 0 Å². The second-order valence-electron chi connectivity index (χ2n) is 8.13. The summed E-state index contributed by atoms with van der Waals surface area (Å²) in [5.41, 5.74) is 4.50. The fourth-order valence-electron chi connectivity index (χ4n) is 4.26. The van der Waals surface area contributed by atoms with Gasteiger partial charge in [-0.15, -0.1) is 0 Å². The molecule has 3 aromatic carbocycles. The van der Waals surface area contributed by atoms with E-state index >= 15 is 0 Å². The van der Waals surface area contributed by atoms with Crippen LogP contribution in [0.15, 0.2) is 83.9 Å². The number of hydrogen-bond acceptors (Lipinski definition) is 4. The molecule has 0 aliphatic heterocycles. The number of aromatic nitrogens is 1. The van der Waals surface area contributed by atoms with Gasteiger partial charge in [-0.3, -0.25) is 4.79 Å². The molecule has 0 saturated heterocycles. The van der Waals surface area contributed by atoms with Crippen LogP contribution in [0, 0.1) is 11.3 Å². The Bertz CT molecular complexity index is 1490. The highest BCUT2D eigenvalue weighted by Gasteiger charge is 2.34. The van der Waals surface area contributed by atoms with E-state index < -0.39 is 11.9 Å². The Morgan fingerprint density at radius 1 is 0.914 bits per heavy atom. The van der Waals surface area contributed by atoms with Gasteiger partial charge in [0.15, 0.2) is 5.78 Å². The summed E-state index contributed by atoms with van der Waals surface area (Å²) < 4.78 is 40.7. The molecule has 0 spiro atoms. The molecule has 0 atom stereocenters. The molecular weight excluding hydrogens is 469 g/mol. The van der Waals surface area contributed by atoms with Crippen molar-refractivity contribution < 1.29 is 18.0 Å². The Morgan fingerprint density at radius 3 is 2.37 bits per heavy atom. The molecule has 0 saturated carbocycles. The van der Waals surface area contributed by atoms with Crippen molar-refractivity contribution in [2.45, 2.75) is 17.6 Å². The highest BCUT2D eigenvalue weighted by molar-refractivity contribution is 8.00. The van der Waals surface area contributed by atoms with Crippen molar-refractivity contribution in [2.75, 3.05) is 5.75 Å². The monoisotopic (exact) mass is 486 g/mol. The van der Waals surface area contributed by atoms with E-state index in [0.717, 1.165) is 40.9 Å². The van der Waals surface area contributed by atoms with Gasteiger partial charge in [-0.05, 0) is 46.4 Å². The number of alkyl halides is 3. The van der Waals surface area contributed by atoms with Crippen LogP contribution in [0.4, 0.5) is 13.2 Å². The van der Waals surface area contributed by atoms with Crippen LogP contribution in [0.25, 0.3) is 22.3 Å². The van der Waals surface area contributed by atoms with E-state index in [2.05, 4.69) is 11.1 Å². The molecular formula is C28H17F3N2OS. The summed E-state index contributed by atoms with van der Waals surface area (Å²) in [7, 11) is 0. The first-order valence-corrected chi connectivity index (χ1v) is 11.8. The van der Waals surface area contributed by atoms with Crippen LogP contribution in [0.3, 0.4) is 0 Å². The van der Waals surface area contributed by atoms with Gasteiger partial charge in [0.05, 0.1) is 11.3 Å². The highest BCUT2D eigenvalue weighted by atomic mass is 32.2. The Balaban J connectivity index is 1.44. The number of pyridine rings is 1. The summed E-state index contributed by atoms with van der Waals surface area (Å²) in [6.07, 6.45) is -3.96. The molecule has 1 aliphatic carbocycles. The van der Waals surface area contributed by atoms with Gasteiger partial charge in [-0.2, -0.15) is 18.4 Å². The lowest BCUT2D eigenvalue weighted by Gasteiger charge is -2.14. The number of benzene rings is 3. The number of rotatable bonds is 5. The molecule has 0 radical (unpaired) electrons. The van der Waals surface area contributed by atoms with E-state index in [0.29, 0.717) is 11.1 Å². The molecule has 7 heteroatoms. The molecule has 35 heavy (non-hydrogen) atoms. The van der Waals surface area contributed by atoms with Crippen LogP contribution in [0.1, 0.15) is 32.7 Å². The zero-order valence-corrected chi connectivity index (χ0v) is 19.1. The number of Topliss-reactive ketones (excluding diaryl/α,β-unsaturated/α-hetero) is 1. The molecule has 1 heterocycles. The standard InChI is InChI=1S/C28H17F3N2OS/c29-28(30,31)26-14-23(17-6-2-1-3-7-17)24(15-32)27(33-26)35-16-25(34)19-10-11-22-20(13-19)12-18-8-4-5-9-21(18)22/h1-11,13-14H,12,16H2. The molecule has 0 N–H and O–H groups in total. The van der Waals surface area contributed by atoms with Crippen molar-refractivity contribution in [3.63, 3.8) is 0 Å². The minimum absolute atomic E-state index is 0.0198. The third-order valence-corrected chi connectivity index (χ3v) is 6.90. The lowest BCUT2D eigenvalue weighted by molar-refractivity contribution is -0.141. The number of thioether (sulfide) groups is 1. The predicted molar refractivity (Wildman–Crippen MR) is 129 cm³/mol. The number of halogens is 3. The Morgan fingerprint density at radius 2 is 1.63 bits per heavy atom. The quantitative estimate of drug-likeness (QED) is 0.195. The average molecular weight is 487 g/mol. The summed E-state index contributed by atoms with van der Waals surface area (Å²) in [5, 5.41) is 9.65. The maximum absolute atomic E-state index is 13.6. The highest BCUT2D eigenvalue weighted by Crippen LogP contribution is 2.38. The Hall–Kier alpha value is -3.89. The summed E-state index contributed by atoms with van der Waals surface area (Å²) in [4.78, 5) is 16.7. The van der Waals surface area contributed by atoms with Gasteiger partial charge in [0.1, 0.15) is 16.8 Å². The molecule has 3 nitrogen and oxygen atoms in total. The van der Waals surface area contributed by atoms with Crippen LogP contribution >= 0.6 is 11.8 Å². The molecule has 0 amide bonds. The van der Waals surface area contributed by atoms with Gasteiger partial charge in [-0.1, -0.05) is 78.5 Å². The van der Waals surface area contributed by atoms with Gasteiger partial charge < -0.3 is 0 Å². The van der Waals surface area contributed by atoms with Crippen LogP contribution < -0.4 is 0 Å². The number of nitriles is 1. The fraction of sp³-hybridized carbons (Fsp3) is 0.107. The van der Waals surface area contributed by atoms with Crippen molar-refractivity contribution in [3.05, 3.63) is 107 Å². The summed E-state index contributed by atoms with van der Waals surface area (Å²) >= 11 is 0.851. The van der Waals surface area contributed by atoms with Crippen LogP contribution in [-0.2, 0) is 12.6 Å². The first kappa shape index (κ1) is 22.9. The fourth-order valence-corrected chi connectivity index (χ4v) is 5.16. The third kappa shape index (κ3) is 4.45. The van der Waals surface area contributed by atoms with Crippen molar-refractivity contribution in [2.24, 2.45) is 0 Å². The number of nitrogens with zero attached hydrogens (tertiary/aromatic N) is 2. The van der Waals surface area contributed by atoms with Crippen molar-refractivity contribution in [1.29, 1.82) is 5.26 Å². The first-order chi connectivity index (χ1) is 16.8. The van der Waals surface area contributed by atoms with Crippen LogP contribution in [0.2, 0.25) is 0 Å². The van der Waals surface area contributed by atoms with Gasteiger partial charge >= 0.3 is 6.18 Å². The number of carbonyl (C=O) groups excluding carboxylic acids is 1. The molecule has 0 unspecified atom stereocenters. The van der Waals surface area contributed by atoms with Crippen molar-refractivity contribution in [3.8, 4) is 28.3 Å². The SMILES string of the molecule is N#Cc1c(-c2ccccc2)cc(C(F)(F)F)nc1SCC(=O)c1ccc2c(c1)Cc1ccccc1-2. The maximum atomic E-state index is 13.6. The minimum Gasteiger partial charge on any atom is -0.293 e. The van der Waals surface area contributed by atoms with E-state index in [9.17, 15) is 23.2 Å². The largest absolute Gasteiger partial charge is 0.433 e. The van der Waals surface area contributed by atoms with E-state index in [1.54, 1.807) is 36.4 Å². The van der Waals surface area contributed by atoms with Crippen molar-refractivity contribution in [1.82, 2.24) is 4.98 Å². The van der Waals surface area contributed by atoms with Gasteiger partial charge in [0.25, 0.3) is 0 Å². The normalized spacial score (nSPS) is 12.1. The zero-order chi connectivity index (χ0) is 24.6. The van der Waals surface area contributed by atoms with Gasteiger partial charge in [0, 0.05) is 11.1 Å². The van der Waals surface area contributed by atoms with Gasteiger partial charge in [-0.25, -0.2) is 4.98 Å². The molecule has 172 valence electrons. The molecule has 1 aliphatic rings. The minimum atomic E-state index is -4.69. The number of hydrogen-bond donors (Lipinski definition) is 0. The van der Waals surface area contributed by atoms with E-state index in [1.807, 2.05) is 36.4 Å². The predicted octanol–water partition coefficient (Wildman–Crippen LogP) is 7.19. The number of fused-ring (bicyclic) bond motifs is 3. The molecule has 1 aromatic heterocycles. The second-order valence-corrected chi connectivity index (χ2v) is 9.09. The van der Waals surface area contributed by atoms with Crippen LogP contribution in [-0.4, -0.2) is 16.5 Å². The van der Waals surface area contributed by atoms with Gasteiger partial charge in [0.2, 0.25) is 0 Å². The summed E-state index contributed by atoms with van der Waals surface area (Å²) in [6.45, 7) is 0. The smallest absolute Gasteiger partial charge is 0.293 e. The topological polar surface area (TPSA) is 53.8 Å². The first-order valence-electron chi connectivity index (χ1n) is 10.8. The molecule has 4 aromatic rings. The molecule has 0 bridgehead atoms. The molecule has 5 rings (SSSR count).